The Labute approximate surface area is 154 Å². The Kier molecular flexibility index (Phi) is 4.25. The van der Waals surface area contributed by atoms with Gasteiger partial charge in [0.15, 0.2) is 0 Å². The van der Waals surface area contributed by atoms with E-state index in [1.807, 2.05) is 24.3 Å². The van der Waals surface area contributed by atoms with Gasteiger partial charge in [-0.2, -0.15) is 0 Å². The summed E-state index contributed by atoms with van der Waals surface area (Å²) in [5.41, 5.74) is 1.59. The number of allylic oxidation sites excluding steroid dienone is 1. The van der Waals surface area contributed by atoms with Crippen LogP contribution in [0.4, 0.5) is 0 Å². The first kappa shape index (κ1) is 17.1. The molecule has 0 spiro atoms. The highest BCUT2D eigenvalue weighted by atomic mass is 16.5. The van der Waals surface area contributed by atoms with Crippen LogP contribution in [0.5, 0.6) is 5.75 Å². The summed E-state index contributed by atoms with van der Waals surface area (Å²) in [7, 11) is 1.64. The molecule has 5 heteroatoms. The third-order valence-electron chi connectivity index (χ3n) is 6.30. The molecule has 0 bridgehead atoms. The molecule has 1 saturated carbocycles. The van der Waals surface area contributed by atoms with E-state index in [9.17, 15) is 9.59 Å². The van der Waals surface area contributed by atoms with Gasteiger partial charge in [0.25, 0.3) is 0 Å². The van der Waals surface area contributed by atoms with E-state index >= 15 is 0 Å². The number of hydrogen-bond donors (Lipinski definition) is 2. The lowest BCUT2D eigenvalue weighted by atomic mass is 9.70. The summed E-state index contributed by atoms with van der Waals surface area (Å²) < 4.78 is 5.22. The number of piperidine rings is 1. The zero-order valence-electron chi connectivity index (χ0n) is 15.3. The average Bonchev–Trinajstić information content (AvgIpc) is 3.48. The van der Waals surface area contributed by atoms with Crippen molar-refractivity contribution in [3.63, 3.8) is 0 Å². The van der Waals surface area contributed by atoms with Crippen LogP contribution in [0.2, 0.25) is 0 Å². The fourth-order valence-corrected chi connectivity index (χ4v) is 4.42. The van der Waals surface area contributed by atoms with Gasteiger partial charge in [-0.15, -0.1) is 0 Å². The summed E-state index contributed by atoms with van der Waals surface area (Å²) >= 11 is 0. The predicted molar refractivity (Wildman–Crippen MR) is 98.7 cm³/mol. The van der Waals surface area contributed by atoms with Crippen LogP contribution in [0.3, 0.4) is 0 Å². The predicted octanol–water partition coefficient (Wildman–Crippen LogP) is 2.81. The molecule has 1 aromatic carbocycles. The topological polar surface area (TPSA) is 67.4 Å². The molecular formula is C21H26N2O3. The molecule has 0 aromatic heterocycles. The Morgan fingerprint density at radius 1 is 1.19 bits per heavy atom. The minimum absolute atomic E-state index is 0.0944. The van der Waals surface area contributed by atoms with Gasteiger partial charge in [-0.3, -0.25) is 9.59 Å². The second-order valence-corrected chi connectivity index (χ2v) is 7.83. The number of carbonyl (C=O) groups is 2. The lowest BCUT2D eigenvalue weighted by Gasteiger charge is -2.42. The highest BCUT2D eigenvalue weighted by molar-refractivity contribution is 5.91. The van der Waals surface area contributed by atoms with Crippen molar-refractivity contribution in [2.75, 3.05) is 13.7 Å². The molecule has 1 aromatic rings. The van der Waals surface area contributed by atoms with Crippen LogP contribution >= 0.6 is 0 Å². The summed E-state index contributed by atoms with van der Waals surface area (Å²) in [6, 6.07) is 7.83. The minimum atomic E-state index is -0.390. The SMILES string of the molecule is COc1ccc(C2(C(=O)NCC34CCCC=C3NC(=O)CC4)CC2)cc1. The van der Waals surface area contributed by atoms with E-state index in [1.165, 1.54) is 0 Å². The van der Waals surface area contributed by atoms with Gasteiger partial charge in [-0.05, 0) is 56.2 Å². The molecule has 2 amide bonds. The fourth-order valence-electron chi connectivity index (χ4n) is 4.42. The van der Waals surface area contributed by atoms with Crippen molar-refractivity contribution in [3.05, 3.63) is 41.6 Å². The summed E-state index contributed by atoms with van der Waals surface area (Å²) in [6.45, 7) is 0.607. The Balaban J connectivity index is 1.47. The third-order valence-corrected chi connectivity index (χ3v) is 6.30. The standard InChI is InChI=1S/C21H26N2O3/c1-26-16-7-5-15(6-8-16)21(12-13-21)19(25)22-14-20-10-3-2-4-17(20)23-18(24)9-11-20/h4-8H,2-3,9-14H2,1H3,(H,22,25)(H,23,24). The van der Waals surface area contributed by atoms with Crippen molar-refractivity contribution < 1.29 is 14.3 Å². The van der Waals surface area contributed by atoms with E-state index in [0.717, 1.165) is 55.5 Å². The maximum Gasteiger partial charge on any atom is 0.230 e. The van der Waals surface area contributed by atoms with E-state index in [1.54, 1.807) is 7.11 Å². The number of carbonyl (C=O) groups excluding carboxylic acids is 2. The van der Waals surface area contributed by atoms with Crippen LogP contribution in [-0.4, -0.2) is 25.5 Å². The quantitative estimate of drug-likeness (QED) is 0.854. The van der Waals surface area contributed by atoms with E-state index in [-0.39, 0.29) is 22.6 Å². The number of hydrogen-bond acceptors (Lipinski definition) is 3. The number of fused-ring (bicyclic) bond motifs is 1. The van der Waals surface area contributed by atoms with E-state index in [2.05, 4.69) is 16.7 Å². The maximum absolute atomic E-state index is 13.0. The zero-order valence-corrected chi connectivity index (χ0v) is 15.3. The van der Waals surface area contributed by atoms with Gasteiger partial charge in [0.1, 0.15) is 5.75 Å². The largest absolute Gasteiger partial charge is 0.497 e. The lowest BCUT2D eigenvalue weighted by Crippen LogP contribution is -2.50. The Hall–Kier alpha value is -2.30. The second kappa shape index (κ2) is 6.45. The van der Waals surface area contributed by atoms with E-state index in [4.69, 9.17) is 4.74 Å². The molecule has 138 valence electrons. The Morgan fingerprint density at radius 3 is 2.65 bits per heavy atom. The molecule has 0 radical (unpaired) electrons. The molecule has 1 aliphatic heterocycles. The summed E-state index contributed by atoms with van der Waals surface area (Å²) in [6.07, 6.45) is 8.41. The van der Waals surface area contributed by atoms with Crippen LogP contribution in [0.15, 0.2) is 36.0 Å². The smallest absolute Gasteiger partial charge is 0.230 e. The van der Waals surface area contributed by atoms with Crippen LogP contribution in [-0.2, 0) is 15.0 Å². The highest BCUT2D eigenvalue weighted by Gasteiger charge is 2.52. The molecule has 1 atom stereocenters. The zero-order chi connectivity index (χ0) is 18.2. The van der Waals surface area contributed by atoms with E-state index < -0.39 is 0 Å². The molecule has 5 nitrogen and oxygen atoms in total. The molecule has 4 rings (SSSR count). The van der Waals surface area contributed by atoms with Crippen molar-refractivity contribution in [1.82, 2.24) is 10.6 Å². The van der Waals surface area contributed by atoms with E-state index in [0.29, 0.717) is 13.0 Å². The molecule has 2 N–H and O–H groups in total. The van der Waals surface area contributed by atoms with Crippen molar-refractivity contribution in [1.29, 1.82) is 0 Å². The van der Waals surface area contributed by atoms with Gasteiger partial charge in [-0.25, -0.2) is 0 Å². The number of benzene rings is 1. The van der Waals surface area contributed by atoms with Gasteiger partial charge in [0, 0.05) is 24.1 Å². The van der Waals surface area contributed by atoms with Crippen LogP contribution in [0.1, 0.15) is 50.5 Å². The first-order chi connectivity index (χ1) is 12.6. The molecular weight excluding hydrogens is 328 g/mol. The summed E-state index contributed by atoms with van der Waals surface area (Å²) in [5, 5.41) is 6.26. The maximum atomic E-state index is 13.0. The average molecular weight is 354 g/mol. The number of rotatable bonds is 5. The van der Waals surface area contributed by atoms with Gasteiger partial charge in [0.05, 0.1) is 12.5 Å². The number of ether oxygens (including phenoxy) is 1. The summed E-state index contributed by atoms with van der Waals surface area (Å²) in [4.78, 5) is 24.8. The first-order valence-electron chi connectivity index (χ1n) is 9.51. The number of amides is 2. The number of methoxy groups -OCH3 is 1. The molecule has 1 saturated heterocycles. The van der Waals surface area contributed by atoms with Crippen molar-refractivity contribution in [2.24, 2.45) is 5.41 Å². The van der Waals surface area contributed by atoms with Crippen LogP contribution in [0, 0.1) is 5.41 Å². The third kappa shape index (κ3) is 2.89. The van der Waals surface area contributed by atoms with Crippen molar-refractivity contribution >= 4 is 11.8 Å². The minimum Gasteiger partial charge on any atom is -0.497 e. The monoisotopic (exact) mass is 354 g/mol. The van der Waals surface area contributed by atoms with Gasteiger partial charge in [0.2, 0.25) is 11.8 Å². The van der Waals surface area contributed by atoms with Gasteiger partial charge in [-0.1, -0.05) is 18.2 Å². The van der Waals surface area contributed by atoms with Crippen molar-refractivity contribution in [2.45, 2.75) is 50.4 Å². The molecule has 26 heavy (non-hydrogen) atoms. The normalized spacial score (nSPS) is 26.2. The van der Waals surface area contributed by atoms with Crippen LogP contribution in [0.25, 0.3) is 0 Å². The van der Waals surface area contributed by atoms with Crippen molar-refractivity contribution in [3.8, 4) is 5.75 Å². The second-order valence-electron chi connectivity index (χ2n) is 7.83. The van der Waals surface area contributed by atoms with Gasteiger partial charge >= 0.3 is 0 Å². The Bertz CT molecular complexity index is 749. The lowest BCUT2D eigenvalue weighted by molar-refractivity contribution is -0.124. The Morgan fingerprint density at radius 2 is 1.96 bits per heavy atom. The van der Waals surface area contributed by atoms with Gasteiger partial charge < -0.3 is 15.4 Å². The molecule has 3 aliphatic rings. The summed E-state index contributed by atoms with van der Waals surface area (Å²) in [5.74, 6) is 1.01. The first-order valence-corrected chi connectivity index (χ1v) is 9.51. The highest BCUT2D eigenvalue weighted by Crippen LogP contribution is 2.49. The molecule has 2 fully saturated rings. The van der Waals surface area contributed by atoms with Crippen LogP contribution < -0.4 is 15.4 Å². The number of nitrogens with one attached hydrogen (secondary N) is 2. The fraction of sp³-hybridized carbons (Fsp3) is 0.524. The molecule has 1 unspecified atom stereocenters. The molecule has 2 aliphatic carbocycles. The molecule has 1 heterocycles.